The summed E-state index contributed by atoms with van der Waals surface area (Å²) in [7, 11) is 0. The van der Waals surface area contributed by atoms with Crippen LogP contribution in [-0.4, -0.2) is 19.5 Å². The van der Waals surface area contributed by atoms with Crippen molar-refractivity contribution >= 4 is 16.6 Å². The molecule has 5 rings (SSSR count). The molecule has 0 saturated carbocycles. The van der Waals surface area contributed by atoms with E-state index in [4.69, 9.17) is 8.94 Å². The topological polar surface area (TPSA) is 96.3 Å². The third-order valence-corrected chi connectivity index (χ3v) is 4.43. The fourth-order valence-corrected chi connectivity index (χ4v) is 3.17. The summed E-state index contributed by atoms with van der Waals surface area (Å²) in [6.07, 6.45) is 1.50. The van der Waals surface area contributed by atoms with Gasteiger partial charge in [-0.05, 0) is 31.2 Å². The number of benzene rings is 1. The second kappa shape index (κ2) is 5.37. The predicted molar refractivity (Wildman–Crippen MR) is 92.1 cm³/mol. The monoisotopic (exact) mass is 365 g/mol. The molecular weight excluding hydrogens is 353 g/mol. The number of hydrogen-bond acceptors (Lipinski definition) is 6. The predicted octanol–water partition coefficient (Wildman–Crippen LogP) is 3.19. The first-order valence-corrected chi connectivity index (χ1v) is 8.13. The summed E-state index contributed by atoms with van der Waals surface area (Å²) in [6, 6.07) is 7.96. The number of aromatic nitrogens is 5. The van der Waals surface area contributed by atoms with Crippen molar-refractivity contribution < 1.29 is 18.1 Å². The molecule has 9 heteroatoms. The van der Waals surface area contributed by atoms with Gasteiger partial charge in [-0.25, -0.2) is 4.98 Å². The number of para-hydroxylation sites is 1. The maximum atomic E-state index is 14.2. The van der Waals surface area contributed by atoms with Gasteiger partial charge < -0.3 is 14.1 Å². The van der Waals surface area contributed by atoms with Crippen LogP contribution in [0.25, 0.3) is 39.7 Å². The largest absolute Gasteiger partial charge is 0.618 e. The fraction of sp³-hybridized carbons (Fsp3) is 0.111. The van der Waals surface area contributed by atoms with Crippen LogP contribution < -0.4 is 4.73 Å². The highest BCUT2D eigenvalue weighted by atomic mass is 19.1. The summed E-state index contributed by atoms with van der Waals surface area (Å²) in [4.78, 5) is 8.64. The summed E-state index contributed by atoms with van der Waals surface area (Å²) < 4.78 is 27.2. The molecule has 0 N–H and O–H groups in total. The molecule has 0 aliphatic rings. The minimum absolute atomic E-state index is 0.0521. The smallest absolute Gasteiger partial charge is 0.279 e. The average Bonchev–Trinajstić information content (AvgIpc) is 3.37. The van der Waals surface area contributed by atoms with E-state index >= 15 is 0 Å². The van der Waals surface area contributed by atoms with Crippen LogP contribution in [0.5, 0.6) is 0 Å². The van der Waals surface area contributed by atoms with Gasteiger partial charge in [-0.1, -0.05) is 11.2 Å². The van der Waals surface area contributed by atoms with Crippen molar-refractivity contribution in [1.82, 2.24) is 19.5 Å². The van der Waals surface area contributed by atoms with Gasteiger partial charge in [0.25, 0.3) is 11.4 Å². The number of rotatable bonds is 2. The van der Waals surface area contributed by atoms with Crippen molar-refractivity contribution in [3.05, 3.63) is 59.1 Å². The van der Waals surface area contributed by atoms with Crippen LogP contribution in [0.4, 0.5) is 4.39 Å². The van der Waals surface area contributed by atoms with Gasteiger partial charge in [0.05, 0.1) is 0 Å². The fourth-order valence-electron chi connectivity index (χ4n) is 3.17. The molecule has 4 aromatic heterocycles. The van der Waals surface area contributed by atoms with Gasteiger partial charge >= 0.3 is 0 Å². The van der Waals surface area contributed by atoms with Crippen molar-refractivity contribution in [2.75, 3.05) is 0 Å². The Morgan fingerprint density at radius 1 is 1.19 bits per heavy atom. The maximum Gasteiger partial charge on any atom is 0.279 e. The minimum atomic E-state index is -0.601. The van der Waals surface area contributed by atoms with Crippen molar-refractivity contribution in [2.24, 2.45) is 0 Å². The zero-order valence-corrected chi connectivity index (χ0v) is 14.3. The lowest BCUT2D eigenvalue weighted by molar-refractivity contribution is -0.584. The molecule has 8 nitrogen and oxygen atoms in total. The Hall–Kier alpha value is -3.75. The molecule has 4 heterocycles. The van der Waals surface area contributed by atoms with Crippen LogP contribution in [0.1, 0.15) is 11.5 Å². The van der Waals surface area contributed by atoms with E-state index in [0.717, 1.165) is 5.76 Å². The highest BCUT2D eigenvalue weighted by Crippen LogP contribution is 2.28. The molecule has 0 unspecified atom stereocenters. The Morgan fingerprint density at radius 3 is 2.81 bits per heavy atom. The molecule has 0 bridgehead atoms. The first-order chi connectivity index (χ1) is 13.0. The number of hydrogen-bond donors (Lipinski definition) is 0. The summed E-state index contributed by atoms with van der Waals surface area (Å²) in [5, 5.41) is 16.5. The Morgan fingerprint density at radius 2 is 2.04 bits per heavy atom. The second-order valence-corrected chi connectivity index (χ2v) is 6.13. The third-order valence-electron chi connectivity index (χ3n) is 4.43. The zero-order valence-electron chi connectivity index (χ0n) is 14.3. The highest BCUT2D eigenvalue weighted by Gasteiger charge is 2.25. The highest BCUT2D eigenvalue weighted by molar-refractivity contribution is 5.82. The van der Waals surface area contributed by atoms with E-state index in [1.807, 2.05) is 6.92 Å². The Balaban J connectivity index is 1.76. The lowest BCUT2D eigenvalue weighted by Crippen LogP contribution is -2.33. The van der Waals surface area contributed by atoms with Crippen molar-refractivity contribution in [2.45, 2.75) is 13.8 Å². The SMILES string of the molecule is Cc1ccc(-c2noc(-c3ncn4c3c(C)[n+]([O-])c3c(F)cccc34)n2)o1. The lowest BCUT2D eigenvalue weighted by Gasteiger charge is -2.08. The molecule has 0 atom stereocenters. The quantitative estimate of drug-likeness (QED) is 0.352. The van der Waals surface area contributed by atoms with Gasteiger partial charge in [-0.3, -0.25) is 4.40 Å². The number of imidazole rings is 1. The van der Waals surface area contributed by atoms with Crippen LogP contribution in [0.3, 0.4) is 0 Å². The van der Waals surface area contributed by atoms with E-state index in [9.17, 15) is 9.60 Å². The van der Waals surface area contributed by atoms with Gasteiger partial charge in [-0.2, -0.15) is 14.1 Å². The van der Waals surface area contributed by atoms with Gasteiger partial charge in [-0.15, -0.1) is 0 Å². The van der Waals surface area contributed by atoms with Gasteiger partial charge in [0.1, 0.15) is 23.1 Å². The molecule has 134 valence electrons. The van der Waals surface area contributed by atoms with Gasteiger partial charge in [0, 0.05) is 6.92 Å². The van der Waals surface area contributed by atoms with Crippen LogP contribution in [0.15, 0.2) is 45.6 Å². The Labute approximate surface area is 151 Å². The molecule has 0 radical (unpaired) electrons. The van der Waals surface area contributed by atoms with E-state index in [-0.39, 0.29) is 22.9 Å². The Kier molecular flexibility index (Phi) is 3.08. The van der Waals surface area contributed by atoms with Crippen molar-refractivity contribution in [3.63, 3.8) is 0 Å². The normalized spacial score (nSPS) is 11.7. The molecular formula is C18H12FN5O3. The number of furan rings is 1. The summed E-state index contributed by atoms with van der Waals surface area (Å²) >= 11 is 0. The van der Waals surface area contributed by atoms with Crippen LogP contribution in [-0.2, 0) is 0 Å². The van der Waals surface area contributed by atoms with E-state index in [2.05, 4.69) is 15.1 Å². The number of fused-ring (bicyclic) bond motifs is 3. The molecule has 0 amide bonds. The zero-order chi connectivity index (χ0) is 18.7. The molecule has 1 aromatic carbocycles. The lowest BCUT2D eigenvalue weighted by atomic mass is 10.2. The molecule has 0 aliphatic heterocycles. The van der Waals surface area contributed by atoms with Crippen molar-refractivity contribution in [3.8, 4) is 23.2 Å². The van der Waals surface area contributed by atoms with Gasteiger partial charge in [0.15, 0.2) is 17.3 Å². The van der Waals surface area contributed by atoms with Crippen LogP contribution in [0, 0.1) is 24.9 Å². The first kappa shape index (κ1) is 15.5. The van der Waals surface area contributed by atoms with E-state index in [0.29, 0.717) is 27.2 Å². The third kappa shape index (κ3) is 2.14. The molecule has 0 spiro atoms. The molecule has 5 aromatic rings. The standard InChI is InChI=1S/C18H12FN5O3/c1-9-6-7-13(26-9)17-21-18(27-22-17)14-15-10(2)24(25)16-11(19)4-3-5-12(16)23(15)8-20-14/h3-8H,1-2H3. The van der Waals surface area contributed by atoms with Crippen LogP contribution >= 0.6 is 0 Å². The van der Waals surface area contributed by atoms with Gasteiger partial charge in [0.2, 0.25) is 11.5 Å². The molecule has 27 heavy (non-hydrogen) atoms. The number of aryl methyl sites for hydroxylation is 2. The number of nitrogens with zero attached hydrogens (tertiary/aromatic N) is 5. The summed E-state index contributed by atoms with van der Waals surface area (Å²) in [5.41, 5.74) is 1.42. The average molecular weight is 365 g/mol. The van der Waals surface area contributed by atoms with E-state index in [1.54, 1.807) is 29.5 Å². The summed E-state index contributed by atoms with van der Waals surface area (Å²) in [6.45, 7) is 3.40. The molecule has 0 aliphatic carbocycles. The Bertz CT molecular complexity index is 1330. The van der Waals surface area contributed by atoms with E-state index in [1.165, 1.54) is 18.5 Å². The molecule has 0 saturated heterocycles. The minimum Gasteiger partial charge on any atom is -0.618 e. The summed E-state index contributed by atoms with van der Waals surface area (Å²) in [5.74, 6) is 1.00. The van der Waals surface area contributed by atoms with Crippen LogP contribution in [0.2, 0.25) is 0 Å². The number of halogens is 1. The van der Waals surface area contributed by atoms with Crippen molar-refractivity contribution in [1.29, 1.82) is 0 Å². The first-order valence-electron chi connectivity index (χ1n) is 8.13. The maximum absolute atomic E-state index is 14.2. The second-order valence-electron chi connectivity index (χ2n) is 6.13. The van der Waals surface area contributed by atoms with E-state index < -0.39 is 5.82 Å². The molecule has 0 fully saturated rings.